The molecule has 9 atom stereocenters. The third-order valence-electron chi connectivity index (χ3n) is 13.8. The number of rotatable bonds is 6. The number of methoxy groups -OCH3 is 1. The fourth-order valence-corrected chi connectivity index (χ4v) is 9.34. The molecule has 3 aromatic rings. The van der Waals surface area contributed by atoms with Crippen molar-refractivity contribution in [3.63, 3.8) is 0 Å². The van der Waals surface area contributed by atoms with Crippen LogP contribution >= 0.6 is 0 Å². The number of hydrazone groups is 1. The van der Waals surface area contributed by atoms with Gasteiger partial charge in [0.2, 0.25) is 0 Å². The molecule has 16 nitrogen and oxygen atoms in total. The first kappa shape index (κ1) is 50.5. The van der Waals surface area contributed by atoms with E-state index >= 15 is 0 Å². The number of piperazine rings is 1. The average molecular weight is 927 g/mol. The molecule has 6 N–H and O–H groups in total. The Morgan fingerprint density at radius 3 is 2.19 bits per heavy atom. The Hall–Kier alpha value is -5.94. The van der Waals surface area contributed by atoms with Crippen LogP contribution in [-0.4, -0.2) is 123 Å². The van der Waals surface area contributed by atoms with Crippen molar-refractivity contribution < 1.29 is 58.9 Å². The van der Waals surface area contributed by atoms with Crippen molar-refractivity contribution in [2.75, 3.05) is 38.6 Å². The summed E-state index contributed by atoms with van der Waals surface area (Å²) in [6.45, 7) is 20.0. The predicted octanol–water partition coefficient (Wildman–Crippen LogP) is 6.52. The Kier molecular flexibility index (Phi) is 15.5. The second kappa shape index (κ2) is 20.5. The quantitative estimate of drug-likeness (QED) is 0.0671. The molecule has 0 aromatic heterocycles. The molecule has 67 heavy (non-hydrogen) atoms. The summed E-state index contributed by atoms with van der Waals surface area (Å²) in [5, 5.41) is 67.7. The van der Waals surface area contributed by atoms with Gasteiger partial charge >= 0.3 is 11.8 Å². The number of aliphatic hydroxyl groups is 2. The topological polar surface area (TPSA) is 220 Å². The maximum atomic E-state index is 14.6. The normalized spacial score (nSPS) is 29.6. The van der Waals surface area contributed by atoms with Crippen LogP contribution in [0.25, 0.3) is 10.8 Å². The highest BCUT2D eigenvalue weighted by atomic mass is 16.7. The monoisotopic (exact) mass is 926 g/mol. The van der Waals surface area contributed by atoms with E-state index in [-0.39, 0.29) is 44.5 Å². The van der Waals surface area contributed by atoms with Crippen LogP contribution in [-0.2, 0) is 30.3 Å². The number of phenols is 3. The third-order valence-corrected chi connectivity index (χ3v) is 13.8. The molecular formula is C51H66N4O12. The number of ketones is 1. The van der Waals surface area contributed by atoms with E-state index in [0.29, 0.717) is 26.2 Å². The van der Waals surface area contributed by atoms with Crippen LogP contribution in [0.4, 0.5) is 5.69 Å². The minimum absolute atomic E-state index is 0.0525. The molecule has 1 amide bonds. The van der Waals surface area contributed by atoms with Crippen LogP contribution in [0.15, 0.2) is 59.4 Å². The van der Waals surface area contributed by atoms with Gasteiger partial charge in [-0.05, 0) is 50.5 Å². The highest BCUT2D eigenvalue weighted by Gasteiger charge is 2.50. The first-order chi connectivity index (χ1) is 31.6. The maximum Gasteiger partial charge on any atom is 0.312 e. The van der Waals surface area contributed by atoms with Crippen LogP contribution in [0.1, 0.15) is 86.6 Å². The number of carbonyl (C=O) groups is 3. The Labute approximate surface area is 392 Å². The summed E-state index contributed by atoms with van der Waals surface area (Å²) in [5.41, 5.74) is 3.34. The van der Waals surface area contributed by atoms with E-state index in [0.717, 1.165) is 6.54 Å². The lowest BCUT2D eigenvalue weighted by Crippen LogP contribution is -2.46. The number of esters is 1. The van der Waals surface area contributed by atoms with Gasteiger partial charge in [0.15, 0.2) is 5.75 Å². The number of fused-ring (bicyclic) bond motifs is 14. The summed E-state index contributed by atoms with van der Waals surface area (Å²) in [6.07, 6.45) is 4.88. The van der Waals surface area contributed by atoms with E-state index in [2.05, 4.69) is 36.2 Å². The minimum atomic E-state index is -2.06. The molecule has 4 aliphatic rings. The van der Waals surface area contributed by atoms with Gasteiger partial charge in [-0.25, -0.2) is 0 Å². The second-order valence-electron chi connectivity index (χ2n) is 18.5. The number of phenolic OH excluding ortho intramolecular Hbond substituents is 3. The summed E-state index contributed by atoms with van der Waals surface area (Å²) in [6, 6.07) is 6.25. The SMILES string of the molecule is CO[C@H]1/C=C/O[C@@]2(C)Oc3c(C)c(O)c4c(O)c(c(/C=N/N5CCN(Cc6c(C)cccc6C)CC5)c(O)c4c3C2=O)NC(=O)/C(C)=C\C=C\[C@H](C)[C@H](O)[C@@H](C)[C@@H](O)[C@@H](C)[C@H](OC(C)=O)[C@@H]1C. The lowest BCUT2D eigenvalue weighted by molar-refractivity contribution is -0.160. The largest absolute Gasteiger partial charge is 0.507 e. The number of ether oxygens (including phenoxy) is 4. The van der Waals surface area contributed by atoms with Crippen molar-refractivity contribution in [2.45, 2.75) is 106 Å². The van der Waals surface area contributed by atoms with Crippen molar-refractivity contribution >= 4 is 40.3 Å². The first-order valence-electron chi connectivity index (χ1n) is 22.8. The Morgan fingerprint density at radius 1 is 0.910 bits per heavy atom. The molecule has 16 heteroatoms. The summed E-state index contributed by atoms with van der Waals surface area (Å²) < 4.78 is 23.8. The number of aryl methyl sites for hydroxylation is 2. The van der Waals surface area contributed by atoms with Crippen LogP contribution in [0.2, 0.25) is 0 Å². The zero-order chi connectivity index (χ0) is 49.2. The maximum absolute atomic E-state index is 14.6. The van der Waals surface area contributed by atoms with Crippen LogP contribution in [0, 0.1) is 44.4 Å². The molecule has 0 spiro atoms. The van der Waals surface area contributed by atoms with Gasteiger partial charge in [-0.2, -0.15) is 5.10 Å². The number of nitrogens with one attached hydrogen (secondary N) is 1. The van der Waals surface area contributed by atoms with E-state index < -0.39 is 88.8 Å². The summed E-state index contributed by atoms with van der Waals surface area (Å²) in [5.74, 6) is -8.42. The number of hydrogen-bond donors (Lipinski definition) is 6. The van der Waals surface area contributed by atoms with Gasteiger partial charge < -0.3 is 49.8 Å². The highest BCUT2D eigenvalue weighted by molar-refractivity contribution is 6.23. The number of benzene rings is 3. The van der Waals surface area contributed by atoms with E-state index in [9.17, 15) is 39.9 Å². The second-order valence-corrected chi connectivity index (χ2v) is 18.5. The van der Waals surface area contributed by atoms with Crippen molar-refractivity contribution in [2.24, 2.45) is 28.8 Å². The standard InChI is InChI=1S/C51H66N4O12/c1-26-14-12-15-27(2)36(26)25-54-19-21-55(22-20-54)52-24-35-41-46(61)39-38(45(35)60)40-48(33(8)44(39)59)67-51(10,49(40)62)65-23-18-37(64-11)30(5)47(66-34(9)56)32(7)43(58)31(6)42(57)28(3)16-13-17-29(4)50(63)53-41/h12-18,23-24,28,30-32,37,42-43,47,57-61H,19-22,25H2,1-11H3,(H,53,63)/b16-13+,23-18+,29-17-,52-24+/t28-,30+,31+,32+,37-,42-,43+,47+,51-/m0/s1. The van der Waals surface area contributed by atoms with Crippen molar-refractivity contribution in [3.8, 4) is 23.0 Å². The number of carbonyl (C=O) groups excluding carboxylic acids is 3. The molecule has 0 unspecified atom stereocenters. The van der Waals surface area contributed by atoms with Gasteiger partial charge in [0.05, 0.1) is 53.0 Å². The number of allylic oxidation sites excluding steroid dienone is 2. The summed E-state index contributed by atoms with van der Waals surface area (Å²) in [4.78, 5) is 43.3. The molecular weight excluding hydrogens is 861 g/mol. The highest BCUT2D eigenvalue weighted by Crippen LogP contribution is 2.55. The molecule has 0 aliphatic carbocycles. The molecule has 4 heterocycles. The Bertz CT molecular complexity index is 2490. The fraction of sp³-hybridized carbons (Fsp3) is 0.490. The molecule has 0 radical (unpaired) electrons. The van der Waals surface area contributed by atoms with Crippen LogP contribution in [0.3, 0.4) is 0 Å². The number of aromatic hydroxyl groups is 3. The van der Waals surface area contributed by atoms with E-state index in [1.165, 1.54) is 76.1 Å². The Morgan fingerprint density at radius 2 is 1.57 bits per heavy atom. The molecule has 1 fully saturated rings. The molecule has 3 aromatic carbocycles. The van der Waals surface area contributed by atoms with Crippen molar-refractivity contribution in [1.82, 2.24) is 9.91 Å². The van der Waals surface area contributed by atoms with E-state index in [1.54, 1.807) is 39.8 Å². The number of aliphatic hydroxyl groups excluding tert-OH is 2. The van der Waals surface area contributed by atoms with Gasteiger partial charge in [0.1, 0.15) is 23.4 Å². The van der Waals surface area contributed by atoms with Gasteiger partial charge in [-0.1, -0.05) is 64.1 Å². The van der Waals surface area contributed by atoms with Crippen LogP contribution < -0.4 is 10.1 Å². The Balaban J connectivity index is 1.45. The van der Waals surface area contributed by atoms with Gasteiger partial charge in [0, 0.05) is 93.9 Å². The molecule has 7 rings (SSSR count). The smallest absolute Gasteiger partial charge is 0.312 e. The zero-order valence-electron chi connectivity index (χ0n) is 40.3. The summed E-state index contributed by atoms with van der Waals surface area (Å²) >= 11 is 0. The lowest BCUT2D eigenvalue weighted by Gasteiger charge is -2.38. The van der Waals surface area contributed by atoms with E-state index in [1.807, 2.05) is 11.1 Å². The van der Waals surface area contributed by atoms with Gasteiger partial charge in [-0.15, -0.1) is 0 Å². The third kappa shape index (κ3) is 10.2. The van der Waals surface area contributed by atoms with E-state index in [4.69, 9.17) is 24.0 Å². The summed E-state index contributed by atoms with van der Waals surface area (Å²) in [7, 11) is 1.44. The first-order valence-corrected chi connectivity index (χ1v) is 22.8. The van der Waals surface area contributed by atoms with Crippen LogP contribution in [0.5, 0.6) is 23.0 Å². The van der Waals surface area contributed by atoms with Crippen molar-refractivity contribution in [3.05, 3.63) is 87.7 Å². The molecule has 4 aliphatic heterocycles. The fourth-order valence-electron chi connectivity index (χ4n) is 9.34. The molecule has 362 valence electrons. The number of amides is 1. The average Bonchev–Trinajstić information content (AvgIpc) is 3.56. The molecule has 1 saturated heterocycles. The minimum Gasteiger partial charge on any atom is -0.507 e. The number of nitrogens with zero attached hydrogens (tertiary/aromatic N) is 3. The molecule has 5 bridgehead atoms. The van der Waals surface area contributed by atoms with Gasteiger partial charge in [-0.3, -0.25) is 24.3 Å². The number of Topliss-reactive ketones (excluding diaryl/α,β-unsaturated/α-hetero) is 1. The lowest BCUT2D eigenvalue weighted by atomic mass is 9.78. The zero-order valence-corrected chi connectivity index (χ0v) is 40.3. The van der Waals surface area contributed by atoms with Gasteiger partial charge in [0.25, 0.3) is 11.7 Å². The predicted molar refractivity (Wildman–Crippen MR) is 254 cm³/mol. The number of hydrogen-bond acceptors (Lipinski definition) is 15. The number of anilines is 1. The molecule has 0 saturated carbocycles. The van der Waals surface area contributed by atoms with Crippen molar-refractivity contribution in [1.29, 1.82) is 0 Å².